The first-order valence-electron chi connectivity index (χ1n) is 10.1. The van der Waals surface area contributed by atoms with Crippen LogP contribution < -0.4 is 0 Å². The lowest BCUT2D eigenvalue weighted by atomic mass is 9.97. The number of hydrogen-bond acceptors (Lipinski definition) is 4. The van der Waals surface area contributed by atoms with Gasteiger partial charge in [0.1, 0.15) is 11.7 Å². The first-order valence-corrected chi connectivity index (χ1v) is 10.1. The molecule has 0 spiro atoms. The van der Waals surface area contributed by atoms with Crippen LogP contribution >= 0.6 is 0 Å². The van der Waals surface area contributed by atoms with Gasteiger partial charge >= 0.3 is 0 Å². The van der Waals surface area contributed by atoms with Crippen molar-refractivity contribution in [3.05, 3.63) is 47.4 Å². The smallest absolute Gasteiger partial charge is 0.234 e. The number of aromatic nitrogens is 3. The number of nitrogens with zero attached hydrogens (tertiary/aromatic N) is 5. The zero-order chi connectivity index (χ0) is 19.7. The second kappa shape index (κ2) is 7.73. The van der Waals surface area contributed by atoms with Crippen molar-refractivity contribution in [1.82, 2.24) is 19.4 Å². The van der Waals surface area contributed by atoms with Crippen molar-refractivity contribution in [3.63, 3.8) is 0 Å². The van der Waals surface area contributed by atoms with Crippen LogP contribution in [0, 0.1) is 18.3 Å². The average molecular weight is 374 g/mol. The zero-order valence-electron chi connectivity index (χ0n) is 16.9. The predicted molar refractivity (Wildman–Crippen MR) is 112 cm³/mol. The molecule has 1 saturated heterocycles. The van der Waals surface area contributed by atoms with Crippen LogP contribution in [-0.2, 0) is 13.5 Å². The Morgan fingerprint density at radius 2 is 2.07 bits per heavy atom. The summed E-state index contributed by atoms with van der Waals surface area (Å²) in [7, 11) is 4.19. The van der Waals surface area contributed by atoms with Gasteiger partial charge in [0.15, 0.2) is 0 Å². The van der Waals surface area contributed by atoms with Gasteiger partial charge in [0.05, 0.1) is 5.69 Å². The maximum absolute atomic E-state index is 9.31. The van der Waals surface area contributed by atoms with Gasteiger partial charge in [-0.05, 0) is 75.9 Å². The van der Waals surface area contributed by atoms with Crippen LogP contribution in [0.15, 0.2) is 30.5 Å². The molecule has 3 heterocycles. The largest absolute Gasteiger partial charge is 0.335 e. The number of hydrogen-bond donors (Lipinski definition) is 0. The lowest BCUT2D eigenvalue weighted by Crippen LogP contribution is -2.24. The summed E-state index contributed by atoms with van der Waals surface area (Å²) < 4.78 is 1.93. The summed E-state index contributed by atoms with van der Waals surface area (Å²) in [5.41, 5.74) is 5.38. The maximum Gasteiger partial charge on any atom is 0.234 e. The van der Waals surface area contributed by atoms with E-state index >= 15 is 0 Å². The first-order chi connectivity index (χ1) is 13.6. The Morgan fingerprint density at radius 3 is 2.79 bits per heavy atom. The molecule has 0 saturated carbocycles. The first kappa shape index (κ1) is 18.6. The SMILES string of the molecule is Cc1cc(-c2nc(C#N)nc3c2ccn3C)ccc1CCCC1CCCN1C. The molecule has 0 amide bonds. The number of fused-ring (bicyclic) bond motifs is 1. The van der Waals surface area contributed by atoms with Crippen LogP contribution in [0.1, 0.15) is 42.6 Å². The number of aryl methyl sites for hydroxylation is 3. The van der Waals surface area contributed by atoms with Gasteiger partial charge in [-0.25, -0.2) is 9.97 Å². The lowest BCUT2D eigenvalue weighted by molar-refractivity contribution is 0.292. The van der Waals surface area contributed by atoms with E-state index in [4.69, 9.17) is 0 Å². The molecule has 5 nitrogen and oxygen atoms in total. The van der Waals surface area contributed by atoms with Crippen molar-refractivity contribution >= 4 is 11.0 Å². The second-order valence-electron chi connectivity index (χ2n) is 7.98. The van der Waals surface area contributed by atoms with Crippen LogP contribution in [0.5, 0.6) is 0 Å². The highest BCUT2D eigenvalue weighted by Gasteiger charge is 2.20. The molecule has 144 valence electrons. The number of benzene rings is 1. The fourth-order valence-corrected chi connectivity index (χ4v) is 4.40. The number of rotatable bonds is 5. The predicted octanol–water partition coefficient (Wildman–Crippen LogP) is 4.23. The normalized spacial score (nSPS) is 17.3. The van der Waals surface area contributed by atoms with Gasteiger partial charge in [0.25, 0.3) is 0 Å². The minimum absolute atomic E-state index is 0.215. The van der Waals surface area contributed by atoms with E-state index in [1.165, 1.54) is 43.4 Å². The van der Waals surface area contributed by atoms with Crippen LogP contribution in [-0.4, -0.2) is 39.1 Å². The molecule has 1 aromatic carbocycles. The van der Waals surface area contributed by atoms with Crippen molar-refractivity contribution in [2.45, 2.75) is 45.1 Å². The molecule has 0 N–H and O–H groups in total. The highest BCUT2D eigenvalue weighted by molar-refractivity contribution is 5.91. The van der Waals surface area contributed by atoms with Gasteiger partial charge in [-0.15, -0.1) is 0 Å². The van der Waals surface area contributed by atoms with Gasteiger partial charge in [-0.1, -0.05) is 12.1 Å². The van der Waals surface area contributed by atoms with E-state index in [2.05, 4.69) is 53.1 Å². The molecule has 0 bridgehead atoms. The highest BCUT2D eigenvalue weighted by atomic mass is 15.1. The van der Waals surface area contributed by atoms with Gasteiger partial charge in [0, 0.05) is 30.2 Å². The summed E-state index contributed by atoms with van der Waals surface area (Å²) in [6.07, 6.45) is 8.27. The molecule has 4 rings (SSSR count). The monoisotopic (exact) mass is 373 g/mol. The molecule has 5 heteroatoms. The lowest BCUT2D eigenvalue weighted by Gasteiger charge is -2.19. The van der Waals surface area contributed by atoms with Crippen molar-refractivity contribution < 1.29 is 0 Å². The molecule has 0 radical (unpaired) electrons. The van der Waals surface area contributed by atoms with Crippen LogP contribution in [0.2, 0.25) is 0 Å². The van der Waals surface area contributed by atoms with E-state index in [0.717, 1.165) is 34.8 Å². The molecule has 0 aliphatic carbocycles. The Labute approximate surface area is 166 Å². The highest BCUT2D eigenvalue weighted by Crippen LogP contribution is 2.29. The van der Waals surface area contributed by atoms with Crippen LogP contribution in [0.4, 0.5) is 0 Å². The van der Waals surface area contributed by atoms with E-state index in [1.807, 2.05) is 23.9 Å². The fourth-order valence-electron chi connectivity index (χ4n) is 4.40. The van der Waals surface area contributed by atoms with Crippen molar-refractivity contribution in [1.29, 1.82) is 5.26 Å². The van der Waals surface area contributed by atoms with Crippen molar-refractivity contribution in [2.75, 3.05) is 13.6 Å². The summed E-state index contributed by atoms with van der Waals surface area (Å²) >= 11 is 0. The third-order valence-corrected chi connectivity index (χ3v) is 6.10. The molecule has 1 fully saturated rings. The third-order valence-electron chi connectivity index (χ3n) is 6.10. The molecule has 1 aliphatic heterocycles. The average Bonchev–Trinajstić information content (AvgIpc) is 3.28. The minimum atomic E-state index is 0.215. The van der Waals surface area contributed by atoms with Gasteiger partial charge < -0.3 is 9.47 Å². The van der Waals surface area contributed by atoms with E-state index in [9.17, 15) is 5.26 Å². The summed E-state index contributed by atoms with van der Waals surface area (Å²) in [5, 5.41) is 10.3. The summed E-state index contributed by atoms with van der Waals surface area (Å²) in [5.74, 6) is 0.215. The Bertz CT molecular complexity index is 1040. The molecule has 1 unspecified atom stereocenters. The fraction of sp³-hybridized carbons (Fsp3) is 0.435. The van der Waals surface area contributed by atoms with Gasteiger partial charge in [-0.2, -0.15) is 5.26 Å². The van der Waals surface area contributed by atoms with E-state index < -0.39 is 0 Å². The molecule has 1 atom stereocenters. The number of nitriles is 1. The van der Waals surface area contributed by atoms with E-state index in [-0.39, 0.29) is 5.82 Å². The standard InChI is InChI=1S/C23H27N5/c1-16-14-18(10-9-17(16)6-4-7-19-8-5-12-27(19)2)22-20-11-13-28(3)23(20)26-21(15-24)25-22/h9-11,13-14,19H,4-8,12H2,1-3H3. The Balaban J connectivity index is 1.56. The molecular formula is C23H27N5. The Morgan fingerprint density at radius 1 is 1.21 bits per heavy atom. The third kappa shape index (κ3) is 3.53. The minimum Gasteiger partial charge on any atom is -0.335 e. The topological polar surface area (TPSA) is 57.7 Å². The molecule has 28 heavy (non-hydrogen) atoms. The summed E-state index contributed by atoms with van der Waals surface area (Å²) in [6, 6.07) is 11.4. The molecule has 3 aromatic rings. The summed E-state index contributed by atoms with van der Waals surface area (Å²) in [6.45, 7) is 3.42. The van der Waals surface area contributed by atoms with E-state index in [1.54, 1.807) is 0 Å². The molecule has 2 aromatic heterocycles. The zero-order valence-corrected chi connectivity index (χ0v) is 16.9. The quantitative estimate of drug-likeness (QED) is 0.671. The Kier molecular flexibility index (Phi) is 5.15. The Hall–Kier alpha value is -2.71. The van der Waals surface area contributed by atoms with Crippen LogP contribution in [0.3, 0.4) is 0 Å². The van der Waals surface area contributed by atoms with Gasteiger partial charge in [0.2, 0.25) is 5.82 Å². The van der Waals surface area contributed by atoms with Crippen molar-refractivity contribution in [3.8, 4) is 17.3 Å². The summed E-state index contributed by atoms with van der Waals surface area (Å²) in [4.78, 5) is 11.4. The maximum atomic E-state index is 9.31. The van der Waals surface area contributed by atoms with Gasteiger partial charge in [-0.3, -0.25) is 0 Å². The van der Waals surface area contributed by atoms with Crippen molar-refractivity contribution in [2.24, 2.45) is 7.05 Å². The van der Waals surface area contributed by atoms with Crippen LogP contribution in [0.25, 0.3) is 22.3 Å². The molecular weight excluding hydrogens is 346 g/mol. The molecule has 1 aliphatic rings. The second-order valence-corrected chi connectivity index (χ2v) is 7.98. The van der Waals surface area contributed by atoms with E-state index in [0.29, 0.717) is 0 Å². The number of likely N-dealkylation sites (tertiary alicyclic amines) is 1.